The van der Waals surface area contributed by atoms with Crippen molar-refractivity contribution in [1.29, 1.82) is 0 Å². The van der Waals surface area contributed by atoms with Gasteiger partial charge in [-0.05, 0) is 41.1 Å². The van der Waals surface area contributed by atoms with E-state index < -0.39 is 0 Å². The molecule has 0 spiro atoms. The second kappa shape index (κ2) is 7.48. The summed E-state index contributed by atoms with van der Waals surface area (Å²) in [6.45, 7) is 3.04. The van der Waals surface area contributed by atoms with Crippen LogP contribution in [0.25, 0.3) is 10.8 Å². The Hall–Kier alpha value is -2.37. The van der Waals surface area contributed by atoms with Crippen LogP contribution >= 0.6 is 15.9 Å². The van der Waals surface area contributed by atoms with E-state index in [1.165, 1.54) is 0 Å². The summed E-state index contributed by atoms with van der Waals surface area (Å²) < 4.78 is 6.37. The van der Waals surface area contributed by atoms with Crippen LogP contribution in [0.3, 0.4) is 0 Å². The van der Waals surface area contributed by atoms with Gasteiger partial charge in [-0.15, -0.1) is 0 Å². The number of morpholine rings is 1. The van der Waals surface area contributed by atoms with Crippen molar-refractivity contribution in [2.75, 3.05) is 36.5 Å². The van der Waals surface area contributed by atoms with E-state index in [0.717, 1.165) is 39.7 Å². The number of fused-ring (bicyclic) bond motifs is 1. The first-order chi connectivity index (χ1) is 12.7. The molecule has 0 radical (unpaired) electrons. The number of amides is 1. The van der Waals surface area contributed by atoms with Gasteiger partial charge >= 0.3 is 0 Å². The number of halogens is 1. The van der Waals surface area contributed by atoms with E-state index >= 15 is 0 Å². The lowest BCUT2D eigenvalue weighted by Gasteiger charge is -2.30. The molecular weight excluding hydrogens is 392 g/mol. The Morgan fingerprint density at radius 3 is 2.54 bits per heavy atom. The van der Waals surface area contributed by atoms with Gasteiger partial charge in [-0.1, -0.05) is 46.3 Å². The summed E-state index contributed by atoms with van der Waals surface area (Å²) in [5, 5.41) is 5.26. The molecule has 0 aromatic heterocycles. The second-order valence-corrected chi connectivity index (χ2v) is 7.19. The molecule has 132 valence electrons. The number of nitrogens with zero attached hydrogens (tertiary/aromatic N) is 1. The van der Waals surface area contributed by atoms with E-state index in [1.807, 2.05) is 60.7 Å². The molecule has 0 atom stereocenters. The molecule has 0 aliphatic carbocycles. The topological polar surface area (TPSA) is 41.6 Å². The Morgan fingerprint density at radius 1 is 0.962 bits per heavy atom. The fourth-order valence-electron chi connectivity index (χ4n) is 3.21. The summed E-state index contributed by atoms with van der Waals surface area (Å²) in [6.07, 6.45) is 0. The van der Waals surface area contributed by atoms with Crippen molar-refractivity contribution in [3.63, 3.8) is 0 Å². The second-order valence-electron chi connectivity index (χ2n) is 6.28. The lowest BCUT2D eigenvalue weighted by Crippen LogP contribution is -2.36. The van der Waals surface area contributed by atoms with E-state index in [1.54, 1.807) is 0 Å². The lowest BCUT2D eigenvalue weighted by atomic mass is 10.1. The number of anilines is 2. The minimum atomic E-state index is -0.108. The summed E-state index contributed by atoms with van der Waals surface area (Å²) in [7, 11) is 0. The molecule has 1 aliphatic heterocycles. The van der Waals surface area contributed by atoms with E-state index in [4.69, 9.17) is 4.74 Å². The average molecular weight is 411 g/mol. The Bertz CT molecular complexity index is 952. The number of benzene rings is 3. The summed E-state index contributed by atoms with van der Waals surface area (Å²) in [5.74, 6) is -0.108. The quantitative estimate of drug-likeness (QED) is 0.680. The Labute approximate surface area is 160 Å². The third kappa shape index (κ3) is 3.59. The van der Waals surface area contributed by atoms with Gasteiger partial charge in [-0.2, -0.15) is 0 Å². The number of carbonyl (C=O) groups is 1. The molecule has 1 aliphatic rings. The third-order valence-corrected chi connectivity index (χ3v) is 5.06. The lowest BCUT2D eigenvalue weighted by molar-refractivity contribution is 0.102. The SMILES string of the molecule is O=C(Nc1cc(Br)ccc1N1CCOCC1)c1ccc2ccccc2c1. The number of nitrogens with one attached hydrogen (secondary N) is 1. The fraction of sp³-hybridized carbons (Fsp3) is 0.190. The molecule has 0 saturated carbocycles. The van der Waals surface area contributed by atoms with E-state index in [0.29, 0.717) is 18.8 Å². The smallest absolute Gasteiger partial charge is 0.255 e. The predicted octanol–water partition coefficient (Wildman–Crippen LogP) is 4.69. The zero-order chi connectivity index (χ0) is 17.9. The molecule has 26 heavy (non-hydrogen) atoms. The predicted molar refractivity (Wildman–Crippen MR) is 109 cm³/mol. The highest BCUT2D eigenvalue weighted by atomic mass is 79.9. The maximum absolute atomic E-state index is 12.8. The molecule has 1 heterocycles. The van der Waals surface area contributed by atoms with Crippen molar-refractivity contribution >= 4 is 44.0 Å². The number of hydrogen-bond acceptors (Lipinski definition) is 3. The molecule has 4 nitrogen and oxygen atoms in total. The standard InChI is InChI=1S/C21H19BrN2O2/c22-18-7-8-20(24-9-11-26-12-10-24)19(14-18)23-21(25)17-6-5-15-3-1-2-4-16(15)13-17/h1-8,13-14H,9-12H2,(H,23,25). The first-order valence-electron chi connectivity index (χ1n) is 8.63. The molecule has 0 unspecified atom stereocenters. The molecule has 5 heteroatoms. The summed E-state index contributed by atoms with van der Waals surface area (Å²) >= 11 is 3.50. The number of rotatable bonds is 3. The minimum Gasteiger partial charge on any atom is -0.378 e. The van der Waals surface area contributed by atoms with Gasteiger partial charge in [0.25, 0.3) is 5.91 Å². The van der Waals surface area contributed by atoms with Gasteiger partial charge in [0.15, 0.2) is 0 Å². The van der Waals surface area contributed by atoms with Gasteiger partial charge in [-0.25, -0.2) is 0 Å². The molecule has 3 aromatic carbocycles. The van der Waals surface area contributed by atoms with Crippen LogP contribution in [0.5, 0.6) is 0 Å². The maximum Gasteiger partial charge on any atom is 0.255 e. The first-order valence-corrected chi connectivity index (χ1v) is 9.42. The minimum absolute atomic E-state index is 0.108. The average Bonchev–Trinajstić information content (AvgIpc) is 2.68. The van der Waals surface area contributed by atoms with Crippen molar-refractivity contribution in [2.45, 2.75) is 0 Å². The van der Waals surface area contributed by atoms with Crippen molar-refractivity contribution in [1.82, 2.24) is 0 Å². The molecule has 1 fully saturated rings. The van der Waals surface area contributed by atoms with Gasteiger partial charge < -0.3 is 15.0 Å². The van der Waals surface area contributed by atoms with Gasteiger partial charge in [0.05, 0.1) is 24.6 Å². The fourth-order valence-corrected chi connectivity index (χ4v) is 3.57. The number of carbonyl (C=O) groups excluding carboxylic acids is 1. The van der Waals surface area contributed by atoms with Gasteiger partial charge in [-0.3, -0.25) is 4.79 Å². The van der Waals surface area contributed by atoms with Crippen LogP contribution < -0.4 is 10.2 Å². The Kier molecular flexibility index (Phi) is 4.91. The largest absolute Gasteiger partial charge is 0.378 e. The highest BCUT2D eigenvalue weighted by molar-refractivity contribution is 9.10. The van der Waals surface area contributed by atoms with Crippen LogP contribution in [0, 0.1) is 0 Å². The molecule has 1 amide bonds. The van der Waals surface area contributed by atoms with Crippen LogP contribution in [-0.2, 0) is 4.74 Å². The van der Waals surface area contributed by atoms with Crippen molar-refractivity contribution in [2.24, 2.45) is 0 Å². The van der Waals surface area contributed by atoms with E-state index in [9.17, 15) is 4.79 Å². The van der Waals surface area contributed by atoms with Crippen LogP contribution in [0.4, 0.5) is 11.4 Å². The Balaban J connectivity index is 1.62. The van der Waals surface area contributed by atoms with Crippen molar-refractivity contribution in [3.8, 4) is 0 Å². The van der Waals surface area contributed by atoms with Gasteiger partial charge in [0.2, 0.25) is 0 Å². The summed E-state index contributed by atoms with van der Waals surface area (Å²) in [4.78, 5) is 15.1. The third-order valence-electron chi connectivity index (χ3n) is 4.57. The van der Waals surface area contributed by atoms with Crippen molar-refractivity contribution < 1.29 is 9.53 Å². The van der Waals surface area contributed by atoms with Crippen molar-refractivity contribution in [3.05, 3.63) is 70.7 Å². The molecule has 4 rings (SSSR count). The molecule has 3 aromatic rings. The normalized spacial score (nSPS) is 14.4. The van der Waals surface area contributed by atoms with Crippen LogP contribution in [0.15, 0.2) is 65.1 Å². The van der Waals surface area contributed by atoms with Crippen LogP contribution in [-0.4, -0.2) is 32.2 Å². The highest BCUT2D eigenvalue weighted by Gasteiger charge is 2.17. The zero-order valence-corrected chi connectivity index (χ0v) is 15.8. The number of ether oxygens (including phenoxy) is 1. The summed E-state index contributed by atoms with van der Waals surface area (Å²) in [5.41, 5.74) is 2.47. The van der Waals surface area contributed by atoms with E-state index in [2.05, 4.69) is 26.1 Å². The molecular formula is C21H19BrN2O2. The van der Waals surface area contributed by atoms with Crippen LogP contribution in [0.2, 0.25) is 0 Å². The van der Waals surface area contributed by atoms with Gasteiger partial charge in [0, 0.05) is 23.1 Å². The summed E-state index contributed by atoms with van der Waals surface area (Å²) in [6, 6.07) is 19.8. The maximum atomic E-state index is 12.8. The first kappa shape index (κ1) is 17.1. The zero-order valence-electron chi connectivity index (χ0n) is 14.2. The van der Waals surface area contributed by atoms with Crippen LogP contribution in [0.1, 0.15) is 10.4 Å². The van der Waals surface area contributed by atoms with E-state index in [-0.39, 0.29) is 5.91 Å². The molecule has 0 bridgehead atoms. The number of hydrogen-bond donors (Lipinski definition) is 1. The monoisotopic (exact) mass is 410 g/mol. The van der Waals surface area contributed by atoms with Gasteiger partial charge in [0.1, 0.15) is 0 Å². The molecule has 1 N–H and O–H groups in total. The highest BCUT2D eigenvalue weighted by Crippen LogP contribution is 2.30. The molecule has 1 saturated heterocycles. The Morgan fingerprint density at radius 2 is 1.73 bits per heavy atom.